The van der Waals surface area contributed by atoms with Crippen LogP contribution in [0, 0.1) is 0 Å². The number of ether oxygens (including phenoxy) is 2. The van der Waals surface area contributed by atoms with Gasteiger partial charge in [0.25, 0.3) is 11.8 Å². The second kappa shape index (κ2) is 14.5. The second-order valence-corrected chi connectivity index (χ2v) is 13.4. The lowest BCUT2D eigenvalue weighted by molar-refractivity contribution is -0.299. The smallest absolute Gasteiger partial charge is 0.426 e. The van der Waals surface area contributed by atoms with Gasteiger partial charge in [-0.05, 0) is 51.7 Å². The molecule has 0 saturated carbocycles. The molecule has 1 unspecified atom stereocenters. The van der Waals surface area contributed by atoms with Gasteiger partial charge >= 0.3 is 12.3 Å². The molecule has 0 aliphatic heterocycles. The number of sulfone groups is 1. The summed E-state index contributed by atoms with van der Waals surface area (Å²) in [5.74, 6) is -1.51. The van der Waals surface area contributed by atoms with Crippen LogP contribution in [-0.2, 0) is 31.5 Å². The van der Waals surface area contributed by atoms with Crippen LogP contribution in [0.2, 0.25) is 0 Å². The van der Waals surface area contributed by atoms with Crippen molar-refractivity contribution in [2.24, 2.45) is 0 Å². The molecule has 1 N–H and O–H groups in total. The molecule has 0 aliphatic rings. The van der Waals surface area contributed by atoms with Crippen LogP contribution in [0.4, 0.5) is 29.5 Å². The molecule has 0 radical (unpaired) electrons. The lowest BCUT2D eigenvalue weighted by Gasteiger charge is -2.32. The van der Waals surface area contributed by atoms with Crippen molar-refractivity contribution < 1.29 is 40.3 Å². The molecule has 2 heterocycles. The molecule has 0 bridgehead atoms. The first kappa shape index (κ1) is 36.2. The van der Waals surface area contributed by atoms with Gasteiger partial charge in [0, 0.05) is 19.8 Å². The Labute approximate surface area is 266 Å². The lowest BCUT2D eigenvalue weighted by atomic mass is 9.96. The van der Waals surface area contributed by atoms with E-state index in [0.29, 0.717) is 18.5 Å². The number of anilines is 2. The van der Waals surface area contributed by atoms with Crippen LogP contribution >= 0.6 is 0 Å². The fourth-order valence-electron chi connectivity index (χ4n) is 4.25. The number of hydrogen-bond acceptors (Lipinski definition) is 10. The van der Waals surface area contributed by atoms with Crippen LogP contribution in [0.15, 0.2) is 71.0 Å². The molecule has 46 heavy (non-hydrogen) atoms. The molecule has 0 saturated heterocycles. The van der Waals surface area contributed by atoms with Crippen LogP contribution in [0.1, 0.15) is 51.5 Å². The minimum Gasteiger partial charge on any atom is -0.444 e. The Morgan fingerprint density at radius 3 is 2.30 bits per heavy atom. The molecular formula is C31H38F3N5O6S. The van der Waals surface area contributed by atoms with E-state index < -0.39 is 58.1 Å². The monoisotopic (exact) mass is 665 g/mol. The Bertz CT molecular complexity index is 1640. The molecule has 0 fully saturated rings. The number of aromatic nitrogens is 3. The number of carbonyl (C=O) groups excluding carboxylic acids is 1. The number of amides is 1. The van der Waals surface area contributed by atoms with Crippen molar-refractivity contribution in [1.29, 1.82) is 0 Å². The fourth-order valence-corrected chi connectivity index (χ4v) is 5.11. The maximum Gasteiger partial charge on any atom is 0.426 e. The minimum absolute atomic E-state index is 0.0668. The van der Waals surface area contributed by atoms with E-state index in [1.165, 1.54) is 11.0 Å². The van der Waals surface area contributed by atoms with Crippen LogP contribution in [0.3, 0.4) is 0 Å². The number of rotatable bonds is 14. The van der Waals surface area contributed by atoms with Gasteiger partial charge in [0.05, 0.1) is 12.3 Å². The predicted octanol–water partition coefficient (Wildman–Crippen LogP) is 6.84. The minimum atomic E-state index is -5.02. The Morgan fingerprint density at radius 1 is 1.09 bits per heavy atom. The number of alkyl halides is 3. The maximum atomic E-state index is 14.9. The zero-order valence-electron chi connectivity index (χ0n) is 26.3. The van der Waals surface area contributed by atoms with Gasteiger partial charge in [0.15, 0.2) is 15.5 Å². The van der Waals surface area contributed by atoms with Gasteiger partial charge in [-0.2, -0.15) is 13.2 Å². The third-order valence-corrected chi connectivity index (χ3v) is 7.59. The molecule has 1 atom stereocenters. The number of nitrogens with zero attached hydrogens (tertiary/aromatic N) is 4. The summed E-state index contributed by atoms with van der Waals surface area (Å²) in [4.78, 5) is 18.5. The molecule has 0 aliphatic carbocycles. The molecule has 3 rings (SSSR count). The molecule has 2 aromatic heterocycles. The molecule has 0 spiro atoms. The fraction of sp³-hybridized carbons (Fsp3) is 0.419. The van der Waals surface area contributed by atoms with Crippen LogP contribution in [0.5, 0.6) is 0 Å². The third-order valence-electron chi connectivity index (χ3n) is 6.49. The van der Waals surface area contributed by atoms with Gasteiger partial charge < -0.3 is 18.8 Å². The Hall–Kier alpha value is -4.24. The summed E-state index contributed by atoms with van der Waals surface area (Å²) < 4.78 is 87.0. The number of hydrogen-bond donors (Lipinski definition) is 1. The second-order valence-electron chi connectivity index (χ2n) is 11.4. The van der Waals surface area contributed by atoms with E-state index in [-0.39, 0.29) is 28.5 Å². The van der Waals surface area contributed by atoms with Gasteiger partial charge in [-0.15, -0.1) is 23.4 Å². The van der Waals surface area contributed by atoms with E-state index in [1.54, 1.807) is 64.2 Å². The highest BCUT2D eigenvalue weighted by molar-refractivity contribution is 7.90. The first-order valence-corrected chi connectivity index (χ1v) is 16.1. The van der Waals surface area contributed by atoms with E-state index in [1.807, 2.05) is 0 Å². The van der Waals surface area contributed by atoms with E-state index in [4.69, 9.17) is 13.9 Å². The summed E-state index contributed by atoms with van der Waals surface area (Å²) in [5.41, 5.74) is -4.05. The van der Waals surface area contributed by atoms with Gasteiger partial charge in [-0.25, -0.2) is 18.2 Å². The Kier molecular flexibility index (Phi) is 11.4. The van der Waals surface area contributed by atoms with Gasteiger partial charge in [-0.3, -0.25) is 5.32 Å². The standard InChI is InChI=1S/C31H38F3N5O6S/c1-8-10-17-30(31(32,33)34,43-20-21-15-13-12-14-16-21)27-38-37-26(44-27)24-22(35-28(40)45-29(3,4)5)19-23(46(7,41)42)25(36-24)39(6)18-11-9-2/h8-9,12-16,19H,1-2,10-11,17-18,20H2,3-7H3,(H,35,40). The molecule has 1 aromatic carbocycles. The molecule has 1 amide bonds. The molecule has 3 aromatic rings. The van der Waals surface area contributed by atoms with Gasteiger partial charge in [0.2, 0.25) is 5.60 Å². The number of carbonyl (C=O) groups is 1. The largest absolute Gasteiger partial charge is 0.444 e. The zero-order valence-corrected chi connectivity index (χ0v) is 27.2. The van der Waals surface area contributed by atoms with Crippen LogP contribution in [0.25, 0.3) is 11.6 Å². The van der Waals surface area contributed by atoms with E-state index in [9.17, 15) is 26.4 Å². The summed E-state index contributed by atoms with van der Waals surface area (Å²) in [6.45, 7) is 11.9. The number of pyridine rings is 1. The van der Waals surface area contributed by atoms with Crippen molar-refractivity contribution in [3.05, 3.63) is 73.2 Å². The summed E-state index contributed by atoms with van der Waals surface area (Å²) in [7, 11) is -2.37. The van der Waals surface area contributed by atoms with Gasteiger partial charge in [-0.1, -0.05) is 42.5 Å². The lowest BCUT2D eigenvalue weighted by Crippen LogP contribution is -2.45. The van der Waals surface area contributed by atoms with Gasteiger partial charge in [0.1, 0.15) is 16.3 Å². The van der Waals surface area contributed by atoms with E-state index >= 15 is 0 Å². The van der Waals surface area contributed by atoms with Crippen LogP contribution < -0.4 is 10.2 Å². The number of halogens is 3. The molecule has 15 heteroatoms. The topological polar surface area (TPSA) is 137 Å². The molecule has 11 nitrogen and oxygen atoms in total. The average Bonchev–Trinajstić information content (AvgIpc) is 3.44. The number of allylic oxidation sites excluding steroid dienone is 1. The first-order chi connectivity index (χ1) is 21.4. The zero-order chi connectivity index (χ0) is 34.3. The summed E-state index contributed by atoms with van der Waals surface area (Å²) in [6, 6.07) is 9.39. The third kappa shape index (κ3) is 8.94. The predicted molar refractivity (Wildman–Crippen MR) is 167 cm³/mol. The Balaban J connectivity index is 2.25. The highest BCUT2D eigenvalue weighted by Gasteiger charge is 2.61. The normalized spacial score (nSPS) is 13.5. The van der Waals surface area contributed by atoms with Crippen molar-refractivity contribution in [3.8, 4) is 11.6 Å². The van der Waals surface area contributed by atoms with Crippen molar-refractivity contribution in [1.82, 2.24) is 15.2 Å². The SMILES string of the molecule is C=CCCN(C)c1nc(-c2nnc(C(CCC=C)(OCc3ccccc3)C(F)(F)F)o2)c(NC(=O)OC(C)(C)C)cc1S(C)(=O)=O. The highest BCUT2D eigenvalue weighted by Crippen LogP contribution is 2.47. The number of benzene rings is 1. The average molecular weight is 666 g/mol. The van der Waals surface area contributed by atoms with Crippen molar-refractivity contribution in [2.45, 2.75) is 68.9 Å². The number of nitrogens with one attached hydrogen (secondary N) is 1. The van der Waals surface area contributed by atoms with Crippen molar-refractivity contribution in [3.63, 3.8) is 0 Å². The molecule has 250 valence electrons. The first-order valence-electron chi connectivity index (χ1n) is 14.2. The highest BCUT2D eigenvalue weighted by atomic mass is 32.2. The van der Waals surface area contributed by atoms with Crippen LogP contribution in [-0.4, -0.2) is 61.3 Å². The van der Waals surface area contributed by atoms with E-state index in [2.05, 4.69) is 33.7 Å². The maximum absolute atomic E-state index is 14.9. The van der Waals surface area contributed by atoms with Crippen molar-refractivity contribution >= 4 is 27.4 Å². The quantitative estimate of drug-likeness (QED) is 0.182. The summed E-state index contributed by atoms with van der Waals surface area (Å²) in [5, 5.41) is 10.0. The van der Waals surface area contributed by atoms with E-state index in [0.717, 1.165) is 12.3 Å². The summed E-state index contributed by atoms with van der Waals surface area (Å²) >= 11 is 0. The Morgan fingerprint density at radius 2 is 1.74 bits per heavy atom. The van der Waals surface area contributed by atoms with Crippen molar-refractivity contribution in [2.75, 3.05) is 30.1 Å². The molecular weight excluding hydrogens is 627 g/mol. The summed E-state index contributed by atoms with van der Waals surface area (Å²) in [6.07, 6.45) is -2.41.